The fourth-order valence-electron chi connectivity index (χ4n) is 14.0. The van der Waals surface area contributed by atoms with Crippen LogP contribution < -0.4 is 0 Å². The van der Waals surface area contributed by atoms with Gasteiger partial charge in [-0.05, 0) is 144 Å². The quantitative estimate of drug-likeness (QED) is 0.242. The third kappa shape index (κ3) is 5.87. The predicted molar refractivity (Wildman–Crippen MR) is 199 cm³/mol. The van der Waals surface area contributed by atoms with Crippen LogP contribution in [0.4, 0.5) is 0 Å². The second kappa shape index (κ2) is 13.0. The number of carbonyl (C=O) groups is 3. The van der Waals surface area contributed by atoms with E-state index in [9.17, 15) is 19.5 Å². The molecule has 8 atom stereocenters. The summed E-state index contributed by atoms with van der Waals surface area (Å²) in [5.74, 6) is 0.866. The molecule has 0 aromatic heterocycles. The van der Waals surface area contributed by atoms with Gasteiger partial charge in [-0.2, -0.15) is 0 Å². The molecule has 0 radical (unpaired) electrons. The van der Waals surface area contributed by atoms with Crippen LogP contribution in [0.1, 0.15) is 165 Å². The van der Waals surface area contributed by atoms with Gasteiger partial charge in [-0.25, -0.2) is 0 Å². The first-order valence-corrected chi connectivity index (χ1v) is 20.6. The van der Waals surface area contributed by atoms with E-state index < -0.39 is 11.4 Å². The van der Waals surface area contributed by atoms with Gasteiger partial charge in [0.25, 0.3) is 0 Å². The Morgan fingerprint density at radius 1 is 0.880 bits per heavy atom. The molecule has 5 saturated carbocycles. The minimum absolute atomic E-state index is 0.0349. The van der Waals surface area contributed by atoms with E-state index in [1.807, 2.05) is 0 Å². The van der Waals surface area contributed by atoms with Crippen molar-refractivity contribution in [3.05, 3.63) is 11.1 Å². The van der Waals surface area contributed by atoms with Crippen molar-refractivity contribution < 1.29 is 24.2 Å². The van der Waals surface area contributed by atoms with Crippen molar-refractivity contribution in [2.45, 2.75) is 177 Å². The number of rotatable bonds is 9. The molecule has 5 fully saturated rings. The van der Waals surface area contributed by atoms with Crippen molar-refractivity contribution in [1.82, 2.24) is 4.90 Å². The fraction of sp³-hybridized carbons (Fsp3) is 0.886. The molecule has 6 aliphatic carbocycles. The molecule has 0 amide bonds. The van der Waals surface area contributed by atoms with Gasteiger partial charge in [-0.15, -0.1) is 0 Å². The minimum atomic E-state index is -1.14. The number of esters is 1. The lowest BCUT2D eigenvalue weighted by Crippen LogP contribution is -2.65. The van der Waals surface area contributed by atoms with Crippen LogP contribution in [0.5, 0.6) is 0 Å². The normalized spacial score (nSPS) is 40.3. The van der Waals surface area contributed by atoms with Gasteiger partial charge >= 0.3 is 11.9 Å². The highest BCUT2D eigenvalue weighted by Gasteiger charge is 2.70. The van der Waals surface area contributed by atoms with Crippen LogP contribution in [0.3, 0.4) is 0 Å². The zero-order chi connectivity index (χ0) is 36.7. The maximum absolute atomic E-state index is 14.1. The Hall–Kier alpha value is -1.69. The Morgan fingerprint density at radius 3 is 2.20 bits per heavy atom. The van der Waals surface area contributed by atoms with E-state index >= 15 is 0 Å². The summed E-state index contributed by atoms with van der Waals surface area (Å²) in [6, 6.07) is 0.702. The van der Waals surface area contributed by atoms with Crippen LogP contribution in [0.15, 0.2) is 11.1 Å². The molecule has 0 spiro atoms. The first-order valence-electron chi connectivity index (χ1n) is 20.6. The number of aliphatic carboxylic acids is 1. The molecule has 6 heteroatoms. The molecule has 2 unspecified atom stereocenters. The van der Waals surface area contributed by atoms with E-state index in [0.29, 0.717) is 29.6 Å². The third-order valence-corrected chi connectivity index (χ3v) is 17.1. The number of carbonyl (C=O) groups excluding carboxylic acids is 2. The molecule has 0 heterocycles. The Morgan fingerprint density at radius 2 is 1.56 bits per heavy atom. The number of fused-ring (bicyclic) bond motifs is 7. The van der Waals surface area contributed by atoms with Gasteiger partial charge in [0.05, 0.1) is 11.8 Å². The molecule has 0 aromatic carbocycles. The second-order valence-electron chi connectivity index (χ2n) is 20.7. The summed E-state index contributed by atoms with van der Waals surface area (Å²) >= 11 is 0. The van der Waals surface area contributed by atoms with Crippen LogP contribution in [0.25, 0.3) is 0 Å². The molecular formula is C44H71NO5. The summed E-state index contributed by atoms with van der Waals surface area (Å²) in [4.78, 5) is 41.6. The number of nitrogens with zero attached hydrogens (tertiary/aromatic N) is 1. The highest BCUT2D eigenvalue weighted by atomic mass is 16.5. The van der Waals surface area contributed by atoms with Crippen LogP contribution in [0, 0.1) is 56.2 Å². The summed E-state index contributed by atoms with van der Waals surface area (Å²) < 4.78 is 6.19. The summed E-state index contributed by atoms with van der Waals surface area (Å²) in [6.45, 7) is 21.3. The maximum Gasteiger partial charge on any atom is 0.309 e. The fourth-order valence-corrected chi connectivity index (χ4v) is 14.0. The Bertz CT molecular complexity index is 1390. The molecule has 6 rings (SSSR count). The van der Waals surface area contributed by atoms with E-state index in [2.05, 4.69) is 60.4 Å². The van der Waals surface area contributed by atoms with Crippen LogP contribution in [0.2, 0.25) is 0 Å². The van der Waals surface area contributed by atoms with Gasteiger partial charge in [0, 0.05) is 23.3 Å². The smallest absolute Gasteiger partial charge is 0.309 e. The second-order valence-corrected chi connectivity index (χ2v) is 20.7. The van der Waals surface area contributed by atoms with Crippen molar-refractivity contribution in [3.8, 4) is 0 Å². The molecule has 6 aliphatic rings. The molecule has 0 aliphatic heterocycles. The largest absolute Gasteiger partial charge is 0.481 e. The standard InChI is InChI=1S/C44H71NO5/c1-28(2)36-31(46)26-44(24-25-45(10)29-14-12-11-13-15-29)23-22-42(8)30(37(36)44)16-17-33-41(7)20-19-34(50-35(47)27-39(3,4)38(48)49)40(5,6)32(41)18-21-43(33,42)9/h28-30,32-34H,11-27H2,1-10H3,(H,48,49)/t30-,32?,33?,34+,41+,42-,43-,44-/m1/s1. The molecule has 282 valence electrons. The van der Waals surface area contributed by atoms with Crippen molar-refractivity contribution >= 4 is 17.7 Å². The monoisotopic (exact) mass is 694 g/mol. The molecule has 0 saturated heterocycles. The first-order chi connectivity index (χ1) is 23.2. The van der Waals surface area contributed by atoms with E-state index in [1.54, 1.807) is 19.4 Å². The average Bonchev–Trinajstić information content (AvgIpc) is 3.34. The predicted octanol–water partition coefficient (Wildman–Crippen LogP) is 10.0. The van der Waals surface area contributed by atoms with Crippen molar-refractivity contribution in [2.75, 3.05) is 13.6 Å². The van der Waals surface area contributed by atoms with Crippen LogP contribution in [-0.2, 0) is 19.1 Å². The number of hydrogen-bond donors (Lipinski definition) is 1. The van der Waals surface area contributed by atoms with Gasteiger partial charge in [-0.1, -0.05) is 73.3 Å². The van der Waals surface area contributed by atoms with Crippen molar-refractivity contribution in [1.29, 1.82) is 0 Å². The lowest BCUT2D eigenvalue weighted by Gasteiger charge is -2.72. The number of ketones is 1. The summed E-state index contributed by atoms with van der Waals surface area (Å²) in [5, 5.41) is 9.61. The highest BCUT2D eigenvalue weighted by Crippen LogP contribution is 2.77. The number of carboxylic acid groups (broad SMARTS) is 1. The Kier molecular flexibility index (Phi) is 9.90. The first kappa shape index (κ1) is 38.0. The Balaban J connectivity index is 1.26. The molecular weight excluding hydrogens is 622 g/mol. The van der Waals surface area contributed by atoms with Gasteiger partial charge in [0.15, 0.2) is 5.78 Å². The molecule has 0 aromatic rings. The number of allylic oxidation sites excluding steroid dienone is 2. The number of hydrogen-bond acceptors (Lipinski definition) is 5. The maximum atomic E-state index is 14.1. The van der Waals surface area contributed by atoms with E-state index in [4.69, 9.17) is 4.74 Å². The number of carboxylic acids is 1. The van der Waals surface area contributed by atoms with E-state index in [-0.39, 0.29) is 51.5 Å². The molecule has 1 N–H and O–H groups in total. The lowest BCUT2D eigenvalue weighted by atomic mass is 9.33. The summed E-state index contributed by atoms with van der Waals surface area (Å²) in [5.41, 5.74) is 2.00. The van der Waals surface area contributed by atoms with Crippen molar-refractivity contribution in [2.24, 2.45) is 56.2 Å². The van der Waals surface area contributed by atoms with Crippen LogP contribution in [-0.4, -0.2) is 53.5 Å². The third-order valence-electron chi connectivity index (χ3n) is 17.1. The van der Waals surface area contributed by atoms with Crippen LogP contribution >= 0.6 is 0 Å². The van der Waals surface area contributed by atoms with Gasteiger partial charge in [0.1, 0.15) is 6.10 Å². The minimum Gasteiger partial charge on any atom is -0.481 e. The number of Topliss-reactive ketones (excluding diaryl/α,β-unsaturated/α-hetero) is 1. The highest BCUT2D eigenvalue weighted by molar-refractivity contribution is 6.00. The van der Waals surface area contributed by atoms with Crippen molar-refractivity contribution in [3.63, 3.8) is 0 Å². The molecule has 0 bridgehead atoms. The van der Waals surface area contributed by atoms with Gasteiger partial charge in [0.2, 0.25) is 0 Å². The summed E-state index contributed by atoms with van der Waals surface area (Å²) in [7, 11) is 2.35. The SMILES string of the molecule is CC(C)C1=C2[C@H]3CCC4[C@@]5(C)CC[C@H](OC(=O)CC(C)(C)C(=O)O)C(C)(C)C5CC[C@@]4(C)[C@]3(C)CC[C@@]2(CCN(C)C2CCCCC2)CC1=O. The molecule has 50 heavy (non-hydrogen) atoms. The average molecular weight is 694 g/mol. The van der Waals surface area contributed by atoms with Gasteiger partial charge < -0.3 is 14.7 Å². The summed E-state index contributed by atoms with van der Waals surface area (Å²) in [6.07, 6.45) is 17.2. The Labute approximate surface area is 304 Å². The van der Waals surface area contributed by atoms with Gasteiger partial charge in [-0.3, -0.25) is 14.4 Å². The van der Waals surface area contributed by atoms with E-state index in [0.717, 1.165) is 45.1 Å². The molecule has 6 nitrogen and oxygen atoms in total. The topological polar surface area (TPSA) is 83.9 Å². The zero-order valence-corrected chi connectivity index (χ0v) is 33.5. The van der Waals surface area contributed by atoms with E-state index in [1.165, 1.54) is 63.4 Å². The lowest BCUT2D eigenvalue weighted by molar-refractivity contribution is -0.233. The number of ether oxygens (including phenoxy) is 1. The zero-order valence-electron chi connectivity index (χ0n) is 33.5.